The first kappa shape index (κ1) is 11.3. The van der Waals surface area contributed by atoms with E-state index in [-0.39, 0.29) is 12.4 Å². The fraction of sp³-hybridized carbons (Fsp3) is 0.250. The Morgan fingerprint density at radius 2 is 2.14 bits per heavy atom. The maximum absolute atomic E-state index is 10.6. The summed E-state index contributed by atoms with van der Waals surface area (Å²) in [5.74, 6) is 0.320. The minimum Gasteiger partial charge on any atom is -0.492 e. The summed E-state index contributed by atoms with van der Waals surface area (Å²) in [6, 6.07) is 6.71. The average Bonchev–Trinajstić information content (AvgIpc) is 2.01. The normalized spacial score (nSPS) is 11.3. The van der Waals surface area contributed by atoms with Crippen LogP contribution in [-0.4, -0.2) is 20.8 Å². The van der Waals surface area contributed by atoms with Crippen molar-refractivity contribution < 1.29 is 13.2 Å². The van der Waals surface area contributed by atoms with E-state index in [1.54, 1.807) is 24.3 Å². The van der Waals surface area contributed by atoms with Crippen molar-refractivity contribution in [2.24, 2.45) is 5.14 Å². The molecule has 0 saturated heterocycles. The number of rotatable bonds is 4. The molecule has 0 bridgehead atoms. The molecule has 0 radical (unpaired) electrons. The van der Waals surface area contributed by atoms with E-state index in [9.17, 15) is 8.42 Å². The van der Waals surface area contributed by atoms with Gasteiger partial charge in [-0.1, -0.05) is 17.7 Å². The molecule has 78 valence electrons. The number of hydrogen-bond donors (Lipinski definition) is 1. The van der Waals surface area contributed by atoms with Crippen LogP contribution in [0.3, 0.4) is 0 Å². The Kier molecular flexibility index (Phi) is 3.74. The zero-order valence-electron chi connectivity index (χ0n) is 7.31. The summed E-state index contributed by atoms with van der Waals surface area (Å²) in [5.41, 5.74) is 0. The minimum atomic E-state index is -3.46. The molecule has 1 aromatic rings. The van der Waals surface area contributed by atoms with Gasteiger partial charge in [0.1, 0.15) is 12.4 Å². The average molecular weight is 236 g/mol. The molecule has 1 aromatic carbocycles. The monoisotopic (exact) mass is 235 g/mol. The third kappa shape index (κ3) is 4.45. The van der Waals surface area contributed by atoms with Gasteiger partial charge in [0.25, 0.3) is 0 Å². The van der Waals surface area contributed by atoms with E-state index < -0.39 is 10.0 Å². The molecule has 14 heavy (non-hydrogen) atoms. The maximum Gasteiger partial charge on any atom is 0.212 e. The first-order valence-electron chi connectivity index (χ1n) is 3.86. The van der Waals surface area contributed by atoms with Gasteiger partial charge in [0.2, 0.25) is 10.0 Å². The lowest BCUT2D eigenvalue weighted by Crippen LogP contribution is -2.21. The molecular formula is C8H10ClNO3S. The molecule has 0 fully saturated rings. The van der Waals surface area contributed by atoms with Gasteiger partial charge in [-0.05, 0) is 18.2 Å². The van der Waals surface area contributed by atoms with Crippen LogP contribution in [0.15, 0.2) is 24.3 Å². The van der Waals surface area contributed by atoms with Gasteiger partial charge in [0, 0.05) is 5.02 Å². The number of nitrogens with two attached hydrogens (primary N) is 1. The van der Waals surface area contributed by atoms with Crippen molar-refractivity contribution in [2.75, 3.05) is 12.4 Å². The van der Waals surface area contributed by atoms with E-state index >= 15 is 0 Å². The van der Waals surface area contributed by atoms with Gasteiger partial charge < -0.3 is 4.74 Å². The number of primary sulfonamides is 1. The van der Waals surface area contributed by atoms with Gasteiger partial charge in [-0.2, -0.15) is 0 Å². The summed E-state index contributed by atoms with van der Waals surface area (Å²) in [5, 5.41) is 5.34. The number of benzene rings is 1. The lowest BCUT2D eigenvalue weighted by Gasteiger charge is -2.04. The van der Waals surface area contributed by atoms with Crippen molar-refractivity contribution in [1.29, 1.82) is 0 Å². The van der Waals surface area contributed by atoms with Gasteiger partial charge in [-0.15, -0.1) is 0 Å². The van der Waals surface area contributed by atoms with Crippen molar-refractivity contribution in [1.82, 2.24) is 0 Å². The molecule has 2 N–H and O–H groups in total. The minimum absolute atomic E-state index is 0.0270. The van der Waals surface area contributed by atoms with E-state index in [4.69, 9.17) is 21.5 Å². The van der Waals surface area contributed by atoms with E-state index in [1.165, 1.54) is 0 Å². The van der Waals surface area contributed by atoms with Gasteiger partial charge in [0.05, 0.1) is 5.75 Å². The summed E-state index contributed by atoms with van der Waals surface area (Å²) in [6.07, 6.45) is 0. The largest absolute Gasteiger partial charge is 0.492 e. The first-order valence-corrected chi connectivity index (χ1v) is 5.95. The second-order valence-corrected chi connectivity index (χ2v) is 4.84. The molecule has 6 heteroatoms. The standard InChI is InChI=1S/C8H10ClNO3S/c9-7-2-1-3-8(6-7)13-4-5-14(10,11)12/h1-3,6H,4-5H2,(H2,10,11,12). The summed E-state index contributed by atoms with van der Waals surface area (Å²) in [4.78, 5) is 0. The second kappa shape index (κ2) is 4.63. The Hall–Kier alpha value is -0.780. The Morgan fingerprint density at radius 1 is 1.43 bits per heavy atom. The van der Waals surface area contributed by atoms with Gasteiger partial charge in [0.15, 0.2) is 0 Å². The van der Waals surface area contributed by atoms with Crippen LogP contribution in [0.5, 0.6) is 5.75 Å². The van der Waals surface area contributed by atoms with E-state index in [2.05, 4.69) is 0 Å². The highest BCUT2D eigenvalue weighted by molar-refractivity contribution is 7.89. The molecular weight excluding hydrogens is 226 g/mol. The molecule has 0 amide bonds. The first-order chi connectivity index (χ1) is 6.47. The second-order valence-electron chi connectivity index (χ2n) is 2.67. The van der Waals surface area contributed by atoms with Crippen molar-refractivity contribution in [2.45, 2.75) is 0 Å². The summed E-state index contributed by atoms with van der Waals surface area (Å²) >= 11 is 5.69. The molecule has 0 spiro atoms. The third-order valence-electron chi connectivity index (χ3n) is 1.43. The number of sulfonamides is 1. The topological polar surface area (TPSA) is 69.4 Å². The maximum atomic E-state index is 10.6. The van der Waals surface area contributed by atoms with Gasteiger partial charge in [-0.25, -0.2) is 13.6 Å². The van der Waals surface area contributed by atoms with E-state index in [1.807, 2.05) is 0 Å². The van der Waals surface area contributed by atoms with E-state index in [0.717, 1.165) is 0 Å². The SMILES string of the molecule is NS(=O)(=O)CCOc1cccc(Cl)c1. The zero-order chi connectivity index (χ0) is 10.6. The highest BCUT2D eigenvalue weighted by Crippen LogP contribution is 2.16. The Labute approximate surface area is 87.7 Å². The molecule has 0 aliphatic heterocycles. The quantitative estimate of drug-likeness (QED) is 0.847. The fourth-order valence-electron chi connectivity index (χ4n) is 0.832. The predicted octanol–water partition coefficient (Wildman–Crippen LogP) is 1.01. The summed E-state index contributed by atoms with van der Waals surface area (Å²) in [6.45, 7) is 0.0270. The third-order valence-corrected chi connectivity index (χ3v) is 2.40. The van der Waals surface area contributed by atoms with Crippen molar-refractivity contribution in [3.63, 3.8) is 0 Å². The fourth-order valence-corrected chi connectivity index (χ4v) is 1.33. The summed E-state index contributed by atoms with van der Waals surface area (Å²) in [7, 11) is -3.46. The number of halogens is 1. The molecule has 4 nitrogen and oxygen atoms in total. The predicted molar refractivity (Wildman–Crippen MR) is 54.9 cm³/mol. The van der Waals surface area contributed by atoms with Crippen LogP contribution in [0.4, 0.5) is 0 Å². The van der Waals surface area contributed by atoms with Crippen LogP contribution in [0.25, 0.3) is 0 Å². The molecule has 0 aliphatic carbocycles. The molecule has 0 atom stereocenters. The van der Waals surface area contributed by atoms with Crippen molar-refractivity contribution in [3.05, 3.63) is 29.3 Å². The number of ether oxygens (including phenoxy) is 1. The van der Waals surface area contributed by atoms with E-state index in [0.29, 0.717) is 10.8 Å². The Bertz CT molecular complexity index is 405. The van der Waals surface area contributed by atoms with Gasteiger partial charge in [-0.3, -0.25) is 0 Å². The number of hydrogen-bond acceptors (Lipinski definition) is 3. The lowest BCUT2D eigenvalue weighted by molar-refractivity contribution is 0.341. The van der Waals surface area contributed by atoms with Crippen LogP contribution < -0.4 is 9.88 Å². The molecule has 0 unspecified atom stereocenters. The van der Waals surface area contributed by atoms with Crippen LogP contribution in [0, 0.1) is 0 Å². The zero-order valence-corrected chi connectivity index (χ0v) is 8.88. The van der Waals surface area contributed by atoms with Crippen molar-refractivity contribution >= 4 is 21.6 Å². The lowest BCUT2D eigenvalue weighted by atomic mass is 10.3. The van der Waals surface area contributed by atoms with Crippen LogP contribution in [0.1, 0.15) is 0 Å². The van der Waals surface area contributed by atoms with Crippen LogP contribution >= 0.6 is 11.6 Å². The highest BCUT2D eigenvalue weighted by Gasteiger charge is 2.02. The van der Waals surface area contributed by atoms with Crippen LogP contribution in [0.2, 0.25) is 5.02 Å². The molecule has 1 rings (SSSR count). The molecule has 0 aromatic heterocycles. The molecule has 0 aliphatic rings. The van der Waals surface area contributed by atoms with Crippen LogP contribution in [-0.2, 0) is 10.0 Å². The molecule has 0 heterocycles. The smallest absolute Gasteiger partial charge is 0.212 e. The Balaban J connectivity index is 2.47. The molecule has 0 saturated carbocycles. The Morgan fingerprint density at radius 3 is 2.71 bits per heavy atom. The van der Waals surface area contributed by atoms with Gasteiger partial charge >= 0.3 is 0 Å². The highest BCUT2D eigenvalue weighted by atomic mass is 35.5. The summed E-state index contributed by atoms with van der Waals surface area (Å²) < 4.78 is 26.2. The van der Waals surface area contributed by atoms with Crippen molar-refractivity contribution in [3.8, 4) is 5.75 Å².